The Morgan fingerprint density at radius 3 is 2.71 bits per heavy atom. The van der Waals surface area contributed by atoms with Crippen LogP contribution in [-0.2, 0) is 5.60 Å². The van der Waals surface area contributed by atoms with Crippen LogP contribution in [0, 0.1) is 13.8 Å². The molecule has 6 rings (SSSR count). The SMILES string of the molecule is Cc1noc(C)c1-c1cc(C(O)(C2=NC=CCN2)c2ccc(Cl)cn2)c2nc(C3CC3)[nH]c2c1. The highest BCUT2D eigenvalue weighted by Gasteiger charge is 2.42. The first-order valence-electron chi connectivity index (χ1n) is 11.2. The maximum absolute atomic E-state index is 12.5. The van der Waals surface area contributed by atoms with Crippen molar-refractivity contribution in [1.29, 1.82) is 0 Å². The minimum atomic E-state index is -1.70. The average Bonchev–Trinajstić information content (AvgIpc) is 3.53. The van der Waals surface area contributed by atoms with Crippen molar-refractivity contribution >= 4 is 28.5 Å². The van der Waals surface area contributed by atoms with Crippen LogP contribution in [0.25, 0.3) is 22.2 Å². The monoisotopic (exact) mass is 474 g/mol. The average molecular weight is 475 g/mol. The highest BCUT2D eigenvalue weighted by atomic mass is 35.5. The smallest absolute Gasteiger partial charge is 0.191 e. The Hall–Kier alpha value is -3.49. The molecular formula is C25H23ClN6O2. The quantitative estimate of drug-likeness (QED) is 0.392. The summed E-state index contributed by atoms with van der Waals surface area (Å²) in [6, 6.07) is 7.40. The number of nitrogens with one attached hydrogen (secondary N) is 2. The van der Waals surface area contributed by atoms with Crippen LogP contribution < -0.4 is 5.32 Å². The fourth-order valence-corrected chi connectivity index (χ4v) is 4.69. The van der Waals surface area contributed by atoms with E-state index in [1.54, 1.807) is 18.3 Å². The summed E-state index contributed by atoms with van der Waals surface area (Å²) in [6.07, 6.45) is 7.30. The number of aliphatic hydroxyl groups is 1. The topological polar surface area (TPSA) is 112 Å². The van der Waals surface area contributed by atoms with Gasteiger partial charge in [-0.1, -0.05) is 16.8 Å². The number of halogens is 1. The van der Waals surface area contributed by atoms with Crippen molar-refractivity contribution in [3.63, 3.8) is 0 Å². The van der Waals surface area contributed by atoms with Crippen molar-refractivity contribution < 1.29 is 9.63 Å². The molecule has 4 aromatic rings. The van der Waals surface area contributed by atoms with Crippen LogP contribution in [0.1, 0.15) is 47.3 Å². The molecule has 1 saturated carbocycles. The standard InChI is InChI=1S/C25H23ClN6O2/c1-13-21(14(2)34-32-13)16-10-18(22-19(11-16)30-23(31-22)15-4-5-15)25(33,24-27-8-3-9-28-24)20-7-6-17(26)12-29-20/h3,6-8,10-12,15,33H,4-5,9H2,1-2H3,(H,27,28)(H,30,31). The van der Waals surface area contributed by atoms with Crippen molar-refractivity contribution in [2.24, 2.45) is 4.99 Å². The van der Waals surface area contributed by atoms with Crippen molar-refractivity contribution in [3.8, 4) is 11.1 Å². The maximum Gasteiger partial charge on any atom is 0.191 e. The Kier molecular flexibility index (Phi) is 4.82. The lowest BCUT2D eigenvalue weighted by Gasteiger charge is -2.31. The van der Waals surface area contributed by atoms with Gasteiger partial charge in [0.15, 0.2) is 5.60 Å². The molecular weight excluding hydrogens is 452 g/mol. The van der Waals surface area contributed by atoms with E-state index in [0.29, 0.717) is 45.9 Å². The number of H-pyrrole nitrogens is 1. The summed E-state index contributed by atoms with van der Waals surface area (Å²) >= 11 is 6.13. The highest BCUT2D eigenvalue weighted by molar-refractivity contribution is 6.30. The second-order valence-electron chi connectivity index (χ2n) is 8.83. The van der Waals surface area contributed by atoms with Crippen LogP contribution >= 0.6 is 11.6 Å². The first-order valence-corrected chi connectivity index (χ1v) is 11.6. The lowest BCUT2D eigenvalue weighted by Crippen LogP contribution is -2.47. The highest BCUT2D eigenvalue weighted by Crippen LogP contribution is 2.43. The number of hydrogen-bond acceptors (Lipinski definition) is 7. The number of rotatable bonds is 5. The summed E-state index contributed by atoms with van der Waals surface area (Å²) in [6.45, 7) is 4.32. The summed E-state index contributed by atoms with van der Waals surface area (Å²) in [5.74, 6) is 2.42. The molecule has 3 aromatic heterocycles. The molecule has 1 aliphatic heterocycles. The Morgan fingerprint density at radius 2 is 2.06 bits per heavy atom. The molecule has 1 fully saturated rings. The van der Waals surface area contributed by atoms with Gasteiger partial charge in [0.2, 0.25) is 0 Å². The minimum absolute atomic E-state index is 0.373. The zero-order valence-electron chi connectivity index (χ0n) is 18.8. The molecule has 1 unspecified atom stereocenters. The molecule has 0 radical (unpaired) electrons. The van der Waals surface area contributed by atoms with E-state index in [4.69, 9.17) is 21.1 Å². The molecule has 8 nitrogen and oxygen atoms in total. The number of benzene rings is 1. The Labute approximate surface area is 200 Å². The Balaban J connectivity index is 1.67. The Bertz CT molecular complexity index is 1450. The predicted molar refractivity (Wildman–Crippen MR) is 130 cm³/mol. The molecule has 1 aromatic carbocycles. The van der Waals surface area contributed by atoms with Crippen LogP contribution in [0.2, 0.25) is 5.02 Å². The van der Waals surface area contributed by atoms with Crippen molar-refractivity contribution in [2.75, 3.05) is 6.54 Å². The number of pyridine rings is 1. The Morgan fingerprint density at radius 1 is 1.21 bits per heavy atom. The number of nitrogens with zero attached hydrogens (tertiary/aromatic N) is 4. The molecule has 0 bridgehead atoms. The van der Waals surface area contributed by atoms with E-state index in [-0.39, 0.29) is 0 Å². The van der Waals surface area contributed by atoms with Crippen LogP contribution in [0.15, 0.2) is 52.3 Å². The zero-order chi connectivity index (χ0) is 23.4. The molecule has 4 heterocycles. The van der Waals surface area contributed by atoms with Gasteiger partial charge in [0.25, 0.3) is 0 Å². The van der Waals surface area contributed by atoms with Gasteiger partial charge in [0.1, 0.15) is 17.4 Å². The second-order valence-corrected chi connectivity index (χ2v) is 9.27. The number of fused-ring (bicyclic) bond motifs is 1. The molecule has 0 spiro atoms. The zero-order valence-corrected chi connectivity index (χ0v) is 19.5. The number of imidazole rings is 1. The molecule has 1 atom stereocenters. The third-order valence-corrected chi connectivity index (χ3v) is 6.64. The van der Waals surface area contributed by atoms with Crippen LogP contribution in [0.5, 0.6) is 0 Å². The molecule has 3 N–H and O–H groups in total. The fourth-order valence-electron chi connectivity index (χ4n) is 4.58. The van der Waals surface area contributed by atoms with Gasteiger partial charge >= 0.3 is 0 Å². The van der Waals surface area contributed by atoms with E-state index in [1.165, 1.54) is 6.20 Å². The number of amidine groups is 1. The lowest BCUT2D eigenvalue weighted by atomic mass is 9.85. The second kappa shape index (κ2) is 7.78. The molecule has 172 valence electrons. The number of aromatic amines is 1. The number of aromatic nitrogens is 4. The molecule has 2 aliphatic rings. The first-order chi connectivity index (χ1) is 16.4. The maximum atomic E-state index is 12.5. The summed E-state index contributed by atoms with van der Waals surface area (Å²) in [5, 5.41) is 20.3. The fraction of sp³-hybridized carbons (Fsp3) is 0.280. The third kappa shape index (κ3) is 3.33. The van der Waals surface area contributed by atoms with Crippen molar-refractivity contribution in [3.05, 3.63) is 76.3 Å². The van der Waals surface area contributed by atoms with Crippen LogP contribution in [0.4, 0.5) is 0 Å². The summed E-state index contributed by atoms with van der Waals surface area (Å²) < 4.78 is 5.44. The van der Waals surface area contributed by atoms with Crippen molar-refractivity contribution in [1.82, 2.24) is 25.4 Å². The van der Waals surface area contributed by atoms with E-state index >= 15 is 0 Å². The predicted octanol–water partition coefficient (Wildman–Crippen LogP) is 4.51. The number of aryl methyl sites for hydroxylation is 2. The number of aliphatic imine (C=N–C) groups is 1. The lowest BCUT2D eigenvalue weighted by molar-refractivity contribution is 0.148. The molecule has 0 saturated heterocycles. The van der Waals surface area contributed by atoms with Gasteiger partial charge in [-0.2, -0.15) is 0 Å². The summed E-state index contributed by atoms with van der Waals surface area (Å²) in [4.78, 5) is 17.4. The van der Waals surface area contributed by atoms with Gasteiger partial charge in [0.05, 0.1) is 27.4 Å². The number of hydrogen-bond donors (Lipinski definition) is 3. The third-order valence-electron chi connectivity index (χ3n) is 6.42. The molecule has 1 aliphatic carbocycles. The normalized spacial score (nSPS) is 17.5. The van der Waals surface area contributed by atoms with E-state index in [0.717, 1.165) is 41.0 Å². The molecule has 0 amide bonds. The van der Waals surface area contributed by atoms with E-state index in [2.05, 4.69) is 25.4 Å². The van der Waals surface area contributed by atoms with Gasteiger partial charge in [0, 0.05) is 36.0 Å². The van der Waals surface area contributed by atoms with Crippen LogP contribution in [0.3, 0.4) is 0 Å². The molecule has 34 heavy (non-hydrogen) atoms. The largest absolute Gasteiger partial charge is 0.372 e. The van der Waals surface area contributed by atoms with E-state index in [9.17, 15) is 5.11 Å². The van der Waals surface area contributed by atoms with Gasteiger partial charge < -0.3 is 19.9 Å². The summed E-state index contributed by atoms with van der Waals surface area (Å²) in [7, 11) is 0. The minimum Gasteiger partial charge on any atom is -0.372 e. The summed E-state index contributed by atoms with van der Waals surface area (Å²) in [5.41, 5.74) is 3.29. The molecule has 9 heteroatoms. The van der Waals surface area contributed by atoms with Gasteiger partial charge in [-0.3, -0.25) is 4.98 Å². The van der Waals surface area contributed by atoms with Gasteiger partial charge in [-0.05, 0) is 62.6 Å². The first kappa shape index (κ1) is 21.1. The van der Waals surface area contributed by atoms with Crippen LogP contribution in [-0.4, -0.2) is 37.6 Å². The van der Waals surface area contributed by atoms with Gasteiger partial charge in [-0.15, -0.1) is 0 Å². The van der Waals surface area contributed by atoms with E-state index < -0.39 is 5.60 Å². The van der Waals surface area contributed by atoms with Gasteiger partial charge in [-0.25, -0.2) is 9.98 Å². The van der Waals surface area contributed by atoms with Crippen molar-refractivity contribution in [2.45, 2.75) is 38.2 Å². The van der Waals surface area contributed by atoms with E-state index in [1.807, 2.05) is 32.1 Å².